The molecule has 3 nitrogen and oxygen atoms in total. The highest BCUT2D eigenvalue weighted by atomic mass is 35.5. The Morgan fingerprint density at radius 3 is 2.62 bits per heavy atom. The Labute approximate surface area is 132 Å². The summed E-state index contributed by atoms with van der Waals surface area (Å²) in [7, 11) is 0. The molecule has 0 unspecified atom stereocenters. The van der Waals surface area contributed by atoms with Gasteiger partial charge in [0.2, 0.25) is 0 Å². The van der Waals surface area contributed by atoms with Crippen molar-refractivity contribution in [3.05, 3.63) is 29.0 Å². The number of nitrogens with two attached hydrogens (primary N) is 1. The van der Waals surface area contributed by atoms with Gasteiger partial charge in [-0.05, 0) is 56.8 Å². The number of hydrogen-bond acceptors (Lipinski definition) is 2. The van der Waals surface area contributed by atoms with Crippen molar-refractivity contribution in [3.63, 3.8) is 0 Å². The van der Waals surface area contributed by atoms with Crippen LogP contribution in [0.2, 0.25) is 5.02 Å². The van der Waals surface area contributed by atoms with Crippen LogP contribution in [0.3, 0.4) is 0 Å². The maximum Gasteiger partial charge on any atom is 0.110 e. The van der Waals surface area contributed by atoms with E-state index in [1.807, 2.05) is 18.2 Å². The van der Waals surface area contributed by atoms with Gasteiger partial charge in [0.25, 0.3) is 0 Å². The molecule has 116 valence electrons. The number of imidazole rings is 1. The summed E-state index contributed by atoms with van der Waals surface area (Å²) in [5.74, 6) is 1.15. The molecule has 4 heteroatoms. The van der Waals surface area contributed by atoms with E-state index in [1.165, 1.54) is 0 Å². The molecule has 0 aliphatic carbocycles. The molecular formula is C17H26ClN3. The minimum absolute atomic E-state index is 0.256. The lowest BCUT2D eigenvalue weighted by molar-refractivity contribution is 0.308. The van der Waals surface area contributed by atoms with E-state index in [-0.39, 0.29) is 5.41 Å². The van der Waals surface area contributed by atoms with Crippen molar-refractivity contribution in [2.24, 2.45) is 11.1 Å². The monoisotopic (exact) mass is 307 g/mol. The Bertz CT molecular complexity index is 614. The molecule has 1 aromatic carbocycles. The van der Waals surface area contributed by atoms with Gasteiger partial charge in [-0.2, -0.15) is 0 Å². The van der Waals surface area contributed by atoms with Gasteiger partial charge < -0.3 is 10.3 Å². The van der Waals surface area contributed by atoms with Crippen LogP contribution in [0.15, 0.2) is 18.2 Å². The fourth-order valence-corrected chi connectivity index (χ4v) is 3.00. The van der Waals surface area contributed by atoms with Crippen molar-refractivity contribution >= 4 is 22.6 Å². The minimum Gasteiger partial charge on any atom is -0.330 e. The normalized spacial score (nSPS) is 12.5. The zero-order valence-electron chi connectivity index (χ0n) is 13.5. The maximum absolute atomic E-state index is 6.14. The second kappa shape index (κ2) is 6.37. The van der Waals surface area contributed by atoms with Crippen LogP contribution >= 0.6 is 11.6 Å². The minimum atomic E-state index is 0.256. The Kier molecular flexibility index (Phi) is 4.95. The topological polar surface area (TPSA) is 43.8 Å². The lowest BCUT2D eigenvalue weighted by atomic mass is 9.84. The van der Waals surface area contributed by atoms with Crippen LogP contribution < -0.4 is 5.73 Å². The highest BCUT2D eigenvalue weighted by molar-refractivity contribution is 6.31. The summed E-state index contributed by atoms with van der Waals surface area (Å²) in [6, 6.07) is 6.30. The molecule has 0 atom stereocenters. The molecular weight excluding hydrogens is 282 g/mol. The molecule has 2 rings (SSSR count). The summed E-state index contributed by atoms with van der Waals surface area (Å²) in [5.41, 5.74) is 8.12. The lowest BCUT2D eigenvalue weighted by Gasteiger charge is -2.24. The van der Waals surface area contributed by atoms with Crippen LogP contribution in [-0.4, -0.2) is 16.1 Å². The Balaban J connectivity index is 2.33. The zero-order valence-corrected chi connectivity index (χ0v) is 14.2. The van der Waals surface area contributed by atoms with E-state index in [4.69, 9.17) is 22.3 Å². The van der Waals surface area contributed by atoms with Crippen molar-refractivity contribution in [1.82, 2.24) is 9.55 Å². The standard InChI is InChI=1S/C17H26ClN3/c1-12(2)21-15-11-13(18)5-6-14(15)20-16(21)7-8-17(3,4)9-10-19/h5-6,11-12H,7-10,19H2,1-4H3. The van der Waals surface area contributed by atoms with Gasteiger partial charge in [0.05, 0.1) is 11.0 Å². The van der Waals surface area contributed by atoms with E-state index in [2.05, 4.69) is 32.3 Å². The van der Waals surface area contributed by atoms with Crippen LogP contribution in [0.4, 0.5) is 0 Å². The summed E-state index contributed by atoms with van der Waals surface area (Å²) < 4.78 is 2.31. The van der Waals surface area contributed by atoms with E-state index >= 15 is 0 Å². The number of aryl methyl sites for hydroxylation is 1. The first-order valence-electron chi connectivity index (χ1n) is 7.70. The second-order valence-corrected chi connectivity index (χ2v) is 7.26. The molecule has 2 aromatic rings. The van der Waals surface area contributed by atoms with Crippen molar-refractivity contribution < 1.29 is 0 Å². The van der Waals surface area contributed by atoms with Crippen molar-refractivity contribution in [2.75, 3.05) is 6.54 Å². The first-order valence-corrected chi connectivity index (χ1v) is 8.08. The van der Waals surface area contributed by atoms with Crippen molar-refractivity contribution in [2.45, 2.75) is 53.0 Å². The number of fused-ring (bicyclic) bond motifs is 1. The third-order valence-corrected chi connectivity index (χ3v) is 4.32. The molecule has 0 aliphatic heterocycles. The summed E-state index contributed by atoms with van der Waals surface area (Å²) in [4.78, 5) is 4.81. The van der Waals surface area contributed by atoms with Gasteiger partial charge in [0.1, 0.15) is 5.82 Å². The molecule has 21 heavy (non-hydrogen) atoms. The predicted octanol–water partition coefficient (Wildman–Crippen LogP) is 4.58. The summed E-state index contributed by atoms with van der Waals surface area (Å²) in [6.07, 6.45) is 3.10. The van der Waals surface area contributed by atoms with Crippen LogP contribution in [0, 0.1) is 5.41 Å². The van der Waals surface area contributed by atoms with Gasteiger partial charge in [-0.3, -0.25) is 0 Å². The Morgan fingerprint density at radius 1 is 1.29 bits per heavy atom. The van der Waals surface area contributed by atoms with Gasteiger partial charge in [-0.25, -0.2) is 4.98 Å². The van der Waals surface area contributed by atoms with Gasteiger partial charge in [0, 0.05) is 17.5 Å². The van der Waals surface area contributed by atoms with E-state index < -0.39 is 0 Å². The predicted molar refractivity (Wildman–Crippen MR) is 90.9 cm³/mol. The molecule has 0 saturated heterocycles. The quantitative estimate of drug-likeness (QED) is 0.849. The molecule has 0 fully saturated rings. The van der Waals surface area contributed by atoms with Crippen LogP contribution in [0.5, 0.6) is 0 Å². The molecule has 1 aromatic heterocycles. The smallest absolute Gasteiger partial charge is 0.110 e. The van der Waals surface area contributed by atoms with E-state index in [0.29, 0.717) is 6.04 Å². The lowest BCUT2D eigenvalue weighted by Crippen LogP contribution is -2.19. The number of hydrogen-bond donors (Lipinski definition) is 1. The van der Waals surface area contributed by atoms with Gasteiger partial charge >= 0.3 is 0 Å². The Morgan fingerprint density at radius 2 is 2.00 bits per heavy atom. The summed E-state index contributed by atoms with van der Waals surface area (Å²) in [6.45, 7) is 9.68. The van der Waals surface area contributed by atoms with E-state index in [9.17, 15) is 0 Å². The van der Waals surface area contributed by atoms with Gasteiger partial charge in [-0.15, -0.1) is 0 Å². The average molecular weight is 308 g/mol. The molecule has 0 saturated carbocycles. The maximum atomic E-state index is 6.14. The first-order chi connectivity index (χ1) is 9.84. The van der Waals surface area contributed by atoms with Crippen LogP contribution in [-0.2, 0) is 6.42 Å². The number of halogens is 1. The molecule has 0 amide bonds. The molecule has 0 bridgehead atoms. The number of benzene rings is 1. The fraction of sp³-hybridized carbons (Fsp3) is 0.588. The molecule has 2 N–H and O–H groups in total. The SMILES string of the molecule is CC(C)n1c(CCC(C)(C)CCN)nc2ccc(Cl)cc21. The molecule has 0 spiro atoms. The van der Waals surface area contributed by atoms with Crippen LogP contribution in [0.25, 0.3) is 11.0 Å². The van der Waals surface area contributed by atoms with E-state index in [1.54, 1.807) is 0 Å². The van der Waals surface area contributed by atoms with Gasteiger partial charge in [-0.1, -0.05) is 25.4 Å². The largest absolute Gasteiger partial charge is 0.330 e. The first kappa shape index (κ1) is 16.3. The average Bonchev–Trinajstić information content (AvgIpc) is 2.74. The summed E-state index contributed by atoms with van der Waals surface area (Å²) in [5, 5.41) is 0.763. The number of rotatable bonds is 6. The van der Waals surface area contributed by atoms with Crippen molar-refractivity contribution in [1.29, 1.82) is 0 Å². The fourth-order valence-electron chi connectivity index (χ4n) is 2.83. The highest BCUT2D eigenvalue weighted by Gasteiger charge is 2.20. The van der Waals surface area contributed by atoms with E-state index in [0.717, 1.165) is 47.7 Å². The van der Waals surface area contributed by atoms with Gasteiger partial charge in [0.15, 0.2) is 0 Å². The third kappa shape index (κ3) is 3.78. The molecule has 1 heterocycles. The third-order valence-electron chi connectivity index (χ3n) is 4.09. The number of aromatic nitrogens is 2. The molecule has 0 aliphatic rings. The highest BCUT2D eigenvalue weighted by Crippen LogP contribution is 2.29. The molecule has 0 radical (unpaired) electrons. The Hall–Kier alpha value is -1.06. The second-order valence-electron chi connectivity index (χ2n) is 6.83. The zero-order chi connectivity index (χ0) is 15.6. The van der Waals surface area contributed by atoms with Crippen molar-refractivity contribution in [3.8, 4) is 0 Å². The number of nitrogens with zero attached hydrogens (tertiary/aromatic N) is 2. The summed E-state index contributed by atoms with van der Waals surface area (Å²) >= 11 is 6.14. The van der Waals surface area contributed by atoms with Crippen LogP contribution in [0.1, 0.15) is 52.4 Å².